The molecule has 1 aromatic carbocycles. The van der Waals surface area contributed by atoms with Crippen LogP contribution in [-0.4, -0.2) is 0 Å². The summed E-state index contributed by atoms with van der Waals surface area (Å²) < 4.78 is 0. The van der Waals surface area contributed by atoms with Crippen molar-refractivity contribution in [1.82, 2.24) is 0 Å². The van der Waals surface area contributed by atoms with Gasteiger partial charge in [0.25, 0.3) is 0 Å². The van der Waals surface area contributed by atoms with Crippen LogP contribution in [0.5, 0.6) is 0 Å². The van der Waals surface area contributed by atoms with Crippen LogP contribution in [0.2, 0.25) is 0 Å². The van der Waals surface area contributed by atoms with E-state index >= 15 is 0 Å². The molecule has 3 saturated carbocycles. The summed E-state index contributed by atoms with van der Waals surface area (Å²) in [6, 6.07) is 11.8. The molecule has 3 aliphatic rings. The fraction of sp³-hybridized carbons (Fsp3) is 0.750. The second kappa shape index (κ2) is 7.22. The quantitative estimate of drug-likeness (QED) is 0.542. The van der Waals surface area contributed by atoms with Crippen molar-refractivity contribution in [3.63, 3.8) is 0 Å². The molecule has 132 valence electrons. The van der Waals surface area contributed by atoms with Gasteiger partial charge in [0.2, 0.25) is 0 Å². The number of rotatable bonds is 3. The van der Waals surface area contributed by atoms with Crippen LogP contribution in [0, 0.1) is 11.3 Å². The van der Waals surface area contributed by atoms with Crippen LogP contribution < -0.4 is 0 Å². The van der Waals surface area contributed by atoms with Crippen molar-refractivity contribution in [3.05, 3.63) is 35.9 Å². The second-order valence-electron chi connectivity index (χ2n) is 9.06. The molecular weight excluding hydrogens is 288 g/mol. The van der Waals surface area contributed by atoms with Crippen molar-refractivity contribution in [2.24, 2.45) is 11.3 Å². The molecule has 0 spiro atoms. The predicted molar refractivity (Wildman–Crippen MR) is 103 cm³/mol. The summed E-state index contributed by atoms with van der Waals surface area (Å²) in [5, 5.41) is 0. The van der Waals surface area contributed by atoms with E-state index in [2.05, 4.69) is 30.3 Å². The molecular formula is C24H36. The minimum atomic E-state index is 0.495. The van der Waals surface area contributed by atoms with E-state index in [0.717, 1.165) is 5.92 Å². The monoisotopic (exact) mass is 324 g/mol. The topological polar surface area (TPSA) is 0 Å². The minimum Gasteiger partial charge on any atom is -0.0622 e. The van der Waals surface area contributed by atoms with E-state index in [4.69, 9.17) is 0 Å². The highest BCUT2D eigenvalue weighted by Gasteiger charge is 2.55. The van der Waals surface area contributed by atoms with Crippen molar-refractivity contribution >= 4 is 0 Å². The first-order valence-electron chi connectivity index (χ1n) is 10.9. The Balaban J connectivity index is 1.79. The zero-order chi connectivity index (χ0) is 16.3. The first-order chi connectivity index (χ1) is 11.9. The summed E-state index contributed by atoms with van der Waals surface area (Å²) in [5.41, 5.74) is 2.82. The van der Waals surface area contributed by atoms with Gasteiger partial charge in [-0.2, -0.15) is 0 Å². The van der Waals surface area contributed by atoms with Crippen LogP contribution in [-0.2, 0) is 5.41 Å². The molecule has 3 aliphatic carbocycles. The molecule has 1 aromatic rings. The van der Waals surface area contributed by atoms with Crippen molar-refractivity contribution in [2.45, 2.75) is 102 Å². The summed E-state index contributed by atoms with van der Waals surface area (Å²) in [5.74, 6) is 1.00. The average Bonchev–Trinajstić information content (AvgIpc) is 2.70. The maximum absolute atomic E-state index is 2.49. The van der Waals surface area contributed by atoms with Gasteiger partial charge in [-0.15, -0.1) is 0 Å². The van der Waals surface area contributed by atoms with Crippen molar-refractivity contribution in [1.29, 1.82) is 0 Å². The van der Waals surface area contributed by atoms with E-state index in [-0.39, 0.29) is 0 Å². The second-order valence-corrected chi connectivity index (χ2v) is 9.06. The van der Waals surface area contributed by atoms with Gasteiger partial charge in [0, 0.05) is 5.41 Å². The molecule has 0 amide bonds. The summed E-state index contributed by atoms with van der Waals surface area (Å²) in [4.78, 5) is 0. The molecule has 0 N–H and O–H groups in total. The first kappa shape index (κ1) is 16.7. The highest BCUT2D eigenvalue weighted by Crippen LogP contribution is 2.63. The summed E-state index contributed by atoms with van der Waals surface area (Å²) in [7, 11) is 0. The lowest BCUT2D eigenvalue weighted by molar-refractivity contribution is -0.0398. The summed E-state index contributed by atoms with van der Waals surface area (Å²) in [6.07, 6.45) is 22.4. The highest BCUT2D eigenvalue weighted by atomic mass is 14.6. The highest BCUT2D eigenvalue weighted by molar-refractivity contribution is 5.31. The van der Waals surface area contributed by atoms with E-state index in [0.29, 0.717) is 10.8 Å². The molecule has 3 fully saturated rings. The van der Waals surface area contributed by atoms with Crippen LogP contribution in [0.4, 0.5) is 0 Å². The Kier molecular flexibility index (Phi) is 5.02. The van der Waals surface area contributed by atoms with Gasteiger partial charge < -0.3 is 0 Å². The standard InChI is InChI=1S/C24H36/c1-5-13-21(14-6-1)23(17-9-3-10-18-23)24(19-11-4-12-20-24)22-15-7-2-8-16-22/h1,5-6,13-14,22H,2-4,7-12,15-20H2. The molecule has 0 radical (unpaired) electrons. The third-order valence-corrected chi connectivity index (χ3v) is 8.12. The number of hydrogen-bond donors (Lipinski definition) is 0. The van der Waals surface area contributed by atoms with E-state index in [1.807, 2.05) is 0 Å². The Morgan fingerprint density at radius 3 is 1.75 bits per heavy atom. The van der Waals surface area contributed by atoms with Gasteiger partial charge >= 0.3 is 0 Å². The fourth-order valence-electron chi connectivity index (χ4n) is 7.10. The fourth-order valence-corrected chi connectivity index (χ4v) is 7.10. The Bertz CT molecular complexity index is 496. The predicted octanol–water partition coefficient (Wildman–Crippen LogP) is 7.42. The Labute approximate surface area is 149 Å². The molecule has 4 rings (SSSR count). The maximum Gasteiger partial charge on any atom is 0.00120 e. The Morgan fingerprint density at radius 1 is 0.583 bits per heavy atom. The lowest BCUT2D eigenvalue weighted by Gasteiger charge is -2.60. The zero-order valence-corrected chi connectivity index (χ0v) is 15.6. The van der Waals surface area contributed by atoms with Crippen molar-refractivity contribution < 1.29 is 0 Å². The van der Waals surface area contributed by atoms with E-state index in [1.165, 1.54) is 96.3 Å². The maximum atomic E-state index is 2.49. The van der Waals surface area contributed by atoms with Crippen LogP contribution >= 0.6 is 0 Å². The summed E-state index contributed by atoms with van der Waals surface area (Å²) in [6.45, 7) is 0. The SMILES string of the molecule is c1ccc(C2(C3(C4CCCCC4)CCCCC3)CCCCC2)cc1. The van der Waals surface area contributed by atoms with Crippen LogP contribution in [0.1, 0.15) is 102 Å². The zero-order valence-electron chi connectivity index (χ0n) is 15.6. The van der Waals surface area contributed by atoms with Gasteiger partial charge in [-0.25, -0.2) is 0 Å². The smallest absolute Gasteiger partial charge is 0.00120 e. The van der Waals surface area contributed by atoms with Crippen LogP contribution in [0.3, 0.4) is 0 Å². The molecule has 0 aliphatic heterocycles. The number of benzene rings is 1. The largest absolute Gasteiger partial charge is 0.0622 e. The van der Waals surface area contributed by atoms with Gasteiger partial charge in [0.05, 0.1) is 0 Å². The molecule has 0 unspecified atom stereocenters. The Morgan fingerprint density at radius 2 is 1.12 bits per heavy atom. The van der Waals surface area contributed by atoms with E-state index in [9.17, 15) is 0 Å². The molecule has 0 aromatic heterocycles. The molecule has 0 heteroatoms. The number of hydrogen-bond acceptors (Lipinski definition) is 0. The Hall–Kier alpha value is -0.780. The molecule has 24 heavy (non-hydrogen) atoms. The van der Waals surface area contributed by atoms with E-state index in [1.54, 1.807) is 5.56 Å². The van der Waals surface area contributed by atoms with Gasteiger partial charge in [-0.05, 0) is 55.4 Å². The molecule has 0 bridgehead atoms. The molecule has 0 atom stereocenters. The van der Waals surface area contributed by atoms with Crippen LogP contribution in [0.25, 0.3) is 0 Å². The molecule has 0 nitrogen and oxygen atoms in total. The average molecular weight is 325 g/mol. The summed E-state index contributed by atoms with van der Waals surface area (Å²) >= 11 is 0. The third kappa shape index (κ3) is 2.74. The molecule has 0 saturated heterocycles. The van der Waals surface area contributed by atoms with Crippen LogP contribution in [0.15, 0.2) is 30.3 Å². The van der Waals surface area contributed by atoms with Crippen molar-refractivity contribution in [2.75, 3.05) is 0 Å². The third-order valence-electron chi connectivity index (χ3n) is 8.12. The first-order valence-corrected chi connectivity index (χ1v) is 10.9. The van der Waals surface area contributed by atoms with Gasteiger partial charge in [0.1, 0.15) is 0 Å². The van der Waals surface area contributed by atoms with Crippen molar-refractivity contribution in [3.8, 4) is 0 Å². The van der Waals surface area contributed by atoms with Gasteiger partial charge in [-0.1, -0.05) is 88.1 Å². The lowest BCUT2D eigenvalue weighted by Crippen LogP contribution is -2.53. The van der Waals surface area contributed by atoms with Gasteiger partial charge in [-0.3, -0.25) is 0 Å². The lowest BCUT2D eigenvalue weighted by atomic mass is 9.44. The molecule has 0 heterocycles. The normalized spacial score (nSPS) is 27.7. The van der Waals surface area contributed by atoms with E-state index < -0.39 is 0 Å². The van der Waals surface area contributed by atoms with Gasteiger partial charge in [0.15, 0.2) is 0 Å². The minimum absolute atomic E-state index is 0.495.